The summed E-state index contributed by atoms with van der Waals surface area (Å²) in [5.74, 6) is 1.53. The van der Waals surface area contributed by atoms with E-state index in [1.54, 1.807) is 18.4 Å². The van der Waals surface area contributed by atoms with E-state index < -0.39 is 0 Å². The minimum absolute atomic E-state index is 0.754. The second-order valence-electron chi connectivity index (χ2n) is 5.10. The maximum atomic E-state index is 5.34. The van der Waals surface area contributed by atoms with Crippen LogP contribution in [0.1, 0.15) is 24.1 Å². The van der Waals surface area contributed by atoms with Gasteiger partial charge in [0.2, 0.25) is 5.88 Å². The number of nitrogens with one attached hydrogen (secondary N) is 1. The molecule has 19 heavy (non-hydrogen) atoms. The van der Waals surface area contributed by atoms with E-state index in [1.165, 1.54) is 24.1 Å². The summed E-state index contributed by atoms with van der Waals surface area (Å²) in [6.45, 7) is 1.91. The van der Waals surface area contributed by atoms with Crippen molar-refractivity contribution < 1.29 is 4.74 Å². The molecule has 0 fully saturated rings. The fourth-order valence-electron chi connectivity index (χ4n) is 2.22. The summed E-state index contributed by atoms with van der Waals surface area (Å²) in [6, 6.07) is 0. The summed E-state index contributed by atoms with van der Waals surface area (Å²) in [5, 5.41) is 4.53. The number of anilines is 1. The Balaban J connectivity index is 1.86. The summed E-state index contributed by atoms with van der Waals surface area (Å²) in [7, 11) is 5.69. The highest BCUT2D eigenvalue weighted by atomic mass is 32.1. The SMILES string of the molecule is COc1nc(N(C)C)sc1CNCC1CC=CCC1. The number of thiazole rings is 1. The van der Waals surface area contributed by atoms with Gasteiger partial charge >= 0.3 is 0 Å². The van der Waals surface area contributed by atoms with Crippen molar-refractivity contribution in [2.24, 2.45) is 5.92 Å². The highest BCUT2D eigenvalue weighted by Gasteiger charge is 2.14. The topological polar surface area (TPSA) is 37.4 Å². The van der Waals surface area contributed by atoms with Crippen molar-refractivity contribution in [2.45, 2.75) is 25.8 Å². The van der Waals surface area contributed by atoms with Gasteiger partial charge in [-0.2, -0.15) is 4.98 Å². The van der Waals surface area contributed by atoms with Crippen LogP contribution in [0.25, 0.3) is 0 Å². The Morgan fingerprint density at radius 1 is 1.47 bits per heavy atom. The van der Waals surface area contributed by atoms with Crippen LogP contribution in [0.3, 0.4) is 0 Å². The first kappa shape index (κ1) is 14.3. The zero-order valence-electron chi connectivity index (χ0n) is 12.0. The molecule has 2 rings (SSSR count). The zero-order chi connectivity index (χ0) is 13.7. The Hall–Kier alpha value is -1.07. The number of hydrogen-bond acceptors (Lipinski definition) is 5. The molecule has 0 spiro atoms. The third kappa shape index (κ3) is 3.94. The predicted octanol–water partition coefficient (Wildman–Crippen LogP) is 2.66. The van der Waals surface area contributed by atoms with Gasteiger partial charge in [-0.25, -0.2) is 0 Å². The van der Waals surface area contributed by atoms with Gasteiger partial charge in [0.25, 0.3) is 0 Å². The smallest absolute Gasteiger partial charge is 0.230 e. The summed E-state index contributed by atoms with van der Waals surface area (Å²) in [6.07, 6.45) is 8.31. The van der Waals surface area contributed by atoms with E-state index in [2.05, 4.69) is 22.5 Å². The van der Waals surface area contributed by atoms with Gasteiger partial charge < -0.3 is 15.0 Å². The van der Waals surface area contributed by atoms with Gasteiger partial charge in [-0.3, -0.25) is 0 Å². The lowest BCUT2D eigenvalue weighted by Crippen LogP contribution is -2.22. The number of rotatable bonds is 6. The summed E-state index contributed by atoms with van der Waals surface area (Å²) in [5.41, 5.74) is 0. The monoisotopic (exact) mass is 281 g/mol. The molecule has 4 nitrogen and oxygen atoms in total. The number of ether oxygens (including phenoxy) is 1. The van der Waals surface area contributed by atoms with Crippen molar-refractivity contribution in [1.29, 1.82) is 0 Å². The van der Waals surface area contributed by atoms with Crippen molar-refractivity contribution >= 4 is 16.5 Å². The van der Waals surface area contributed by atoms with Gasteiger partial charge in [-0.15, -0.1) is 0 Å². The predicted molar refractivity (Wildman–Crippen MR) is 81.2 cm³/mol. The molecule has 5 heteroatoms. The molecular formula is C14H23N3OS. The van der Waals surface area contributed by atoms with E-state index in [-0.39, 0.29) is 0 Å². The van der Waals surface area contributed by atoms with Crippen LogP contribution >= 0.6 is 11.3 Å². The molecule has 1 heterocycles. The molecule has 0 amide bonds. The molecule has 1 N–H and O–H groups in total. The summed E-state index contributed by atoms with van der Waals surface area (Å²) < 4.78 is 5.34. The van der Waals surface area contributed by atoms with Crippen molar-refractivity contribution in [3.63, 3.8) is 0 Å². The van der Waals surface area contributed by atoms with Crippen molar-refractivity contribution in [2.75, 3.05) is 32.6 Å². The third-order valence-electron chi connectivity index (χ3n) is 3.32. The van der Waals surface area contributed by atoms with E-state index in [0.29, 0.717) is 0 Å². The first-order valence-corrected chi connectivity index (χ1v) is 7.59. The lowest BCUT2D eigenvalue weighted by molar-refractivity contribution is 0.391. The summed E-state index contributed by atoms with van der Waals surface area (Å²) in [4.78, 5) is 7.66. The molecule has 0 aromatic carbocycles. The molecule has 1 aromatic heterocycles. The Kier molecular flexibility index (Phi) is 5.22. The summed E-state index contributed by atoms with van der Waals surface area (Å²) >= 11 is 1.69. The van der Waals surface area contributed by atoms with Crippen LogP contribution in [-0.2, 0) is 6.54 Å². The van der Waals surface area contributed by atoms with E-state index >= 15 is 0 Å². The maximum absolute atomic E-state index is 5.34. The Labute approximate surface area is 119 Å². The van der Waals surface area contributed by atoms with Gasteiger partial charge in [0, 0.05) is 20.6 Å². The third-order valence-corrected chi connectivity index (χ3v) is 4.53. The van der Waals surface area contributed by atoms with Crippen LogP contribution in [-0.4, -0.2) is 32.7 Å². The van der Waals surface area contributed by atoms with Crippen LogP contribution < -0.4 is 15.0 Å². The quantitative estimate of drug-likeness (QED) is 0.814. The molecule has 1 aliphatic carbocycles. The van der Waals surface area contributed by atoms with Crippen molar-refractivity contribution in [3.8, 4) is 5.88 Å². The van der Waals surface area contributed by atoms with Crippen LogP contribution in [0.15, 0.2) is 12.2 Å². The average molecular weight is 281 g/mol. The highest BCUT2D eigenvalue weighted by Crippen LogP contribution is 2.30. The van der Waals surface area contributed by atoms with E-state index in [9.17, 15) is 0 Å². The van der Waals surface area contributed by atoms with Gasteiger partial charge in [0.05, 0.1) is 12.0 Å². The van der Waals surface area contributed by atoms with Gasteiger partial charge in [0.1, 0.15) is 0 Å². The van der Waals surface area contributed by atoms with Crippen LogP contribution in [0.5, 0.6) is 5.88 Å². The number of nitrogens with zero attached hydrogens (tertiary/aromatic N) is 2. The zero-order valence-corrected chi connectivity index (χ0v) is 12.8. The molecule has 0 saturated heterocycles. The van der Waals surface area contributed by atoms with Gasteiger partial charge in [-0.1, -0.05) is 23.5 Å². The fourth-order valence-corrected chi connectivity index (χ4v) is 3.14. The second kappa shape index (κ2) is 6.91. The molecule has 1 atom stereocenters. The van der Waals surface area contributed by atoms with Crippen molar-refractivity contribution in [1.82, 2.24) is 10.3 Å². The lowest BCUT2D eigenvalue weighted by atomic mass is 9.94. The minimum atomic E-state index is 0.754. The first-order chi connectivity index (χ1) is 9.20. The van der Waals surface area contributed by atoms with Gasteiger partial charge in [0.15, 0.2) is 5.13 Å². The van der Waals surface area contributed by atoms with E-state index in [0.717, 1.165) is 30.0 Å². The van der Waals surface area contributed by atoms with Crippen LogP contribution in [0, 0.1) is 5.92 Å². The Bertz CT molecular complexity index is 428. The molecule has 1 aliphatic rings. The van der Waals surface area contributed by atoms with Crippen LogP contribution in [0.4, 0.5) is 5.13 Å². The molecule has 0 aliphatic heterocycles. The number of methoxy groups -OCH3 is 1. The number of hydrogen-bond donors (Lipinski definition) is 1. The highest BCUT2D eigenvalue weighted by molar-refractivity contribution is 7.15. The molecule has 1 unspecified atom stereocenters. The fraction of sp³-hybridized carbons (Fsp3) is 0.643. The number of aromatic nitrogens is 1. The molecular weight excluding hydrogens is 258 g/mol. The average Bonchev–Trinajstić information content (AvgIpc) is 2.83. The van der Waals surface area contributed by atoms with Crippen molar-refractivity contribution in [3.05, 3.63) is 17.0 Å². The Morgan fingerprint density at radius 3 is 2.95 bits per heavy atom. The van der Waals surface area contributed by atoms with E-state index in [1.807, 2.05) is 19.0 Å². The molecule has 106 valence electrons. The molecule has 0 bridgehead atoms. The normalized spacial score (nSPS) is 18.6. The minimum Gasteiger partial charge on any atom is -0.480 e. The van der Waals surface area contributed by atoms with Gasteiger partial charge in [-0.05, 0) is 31.7 Å². The molecule has 0 radical (unpaired) electrons. The first-order valence-electron chi connectivity index (χ1n) is 6.77. The molecule has 1 aromatic rings. The standard InChI is InChI=1S/C14H23N3OS/c1-17(2)14-16-13(18-3)12(19-14)10-15-9-11-7-5-4-6-8-11/h4-5,11,15H,6-10H2,1-3H3. The second-order valence-corrected chi connectivity index (χ2v) is 6.17. The van der Waals surface area contributed by atoms with Crippen LogP contribution in [0.2, 0.25) is 0 Å². The maximum Gasteiger partial charge on any atom is 0.230 e. The molecule has 0 saturated carbocycles. The Morgan fingerprint density at radius 2 is 2.32 bits per heavy atom. The lowest BCUT2D eigenvalue weighted by Gasteiger charge is -2.17. The number of allylic oxidation sites excluding steroid dienone is 2. The largest absolute Gasteiger partial charge is 0.480 e. The van der Waals surface area contributed by atoms with E-state index in [4.69, 9.17) is 4.74 Å².